The zero-order valence-corrected chi connectivity index (χ0v) is 25.6. The van der Waals surface area contributed by atoms with Gasteiger partial charge in [0.15, 0.2) is 0 Å². The zero-order chi connectivity index (χ0) is 36.0. The third-order valence-electron chi connectivity index (χ3n) is 6.34. The van der Waals surface area contributed by atoms with Gasteiger partial charge in [0.25, 0.3) is 0 Å². The van der Waals surface area contributed by atoms with E-state index in [4.69, 9.17) is 41.2 Å². The van der Waals surface area contributed by atoms with E-state index in [2.05, 4.69) is 22.3 Å². The van der Waals surface area contributed by atoms with Crippen LogP contribution in [0.2, 0.25) is 5.02 Å². The summed E-state index contributed by atoms with van der Waals surface area (Å²) in [5.41, 5.74) is 0.693. The molecule has 0 saturated carbocycles. The molecule has 18 heteroatoms. The molecule has 2 aromatic carbocycles. The van der Waals surface area contributed by atoms with Gasteiger partial charge in [-0.3, -0.25) is 9.69 Å². The minimum absolute atomic E-state index is 0.0288. The molecule has 0 spiro atoms. The highest BCUT2D eigenvalue weighted by Gasteiger charge is 2.39. The Labute approximate surface area is 269 Å². The van der Waals surface area contributed by atoms with E-state index < -0.39 is 41.7 Å². The third-order valence-corrected chi connectivity index (χ3v) is 6.59. The van der Waals surface area contributed by atoms with Crippen LogP contribution in [-0.4, -0.2) is 93.5 Å². The Bertz CT molecular complexity index is 1280. The van der Waals surface area contributed by atoms with E-state index in [1.165, 1.54) is 23.8 Å². The van der Waals surface area contributed by atoms with Gasteiger partial charge in [-0.2, -0.15) is 26.3 Å². The van der Waals surface area contributed by atoms with Gasteiger partial charge in [0, 0.05) is 36.6 Å². The molecule has 3 rings (SSSR count). The number of hydrogen-bond acceptors (Lipinski definition) is 7. The molecule has 0 unspecified atom stereocenters. The molecule has 1 atom stereocenters. The van der Waals surface area contributed by atoms with Gasteiger partial charge in [0.2, 0.25) is 0 Å². The first-order chi connectivity index (χ1) is 21.6. The quantitative estimate of drug-likeness (QED) is 0.198. The summed E-state index contributed by atoms with van der Waals surface area (Å²) >= 11 is 5.95. The van der Waals surface area contributed by atoms with Crippen LogP contribution in [0.5, 0.6) is 5.75 Å². The van der Waals surface area contributed by atoms with E-state index in [-0.39, 0.29) is 25.2 Å². The maximum Gasteiger partial charge on any atom is 0.490 e. The van der Waals surface area contributed by atoms with Crippen LogP contribution in [0, 0.1) is 5.82 Å². The Balaban J connectivity index is 0.000000658. The number of benzene rings is 2. The Morgan fingerprint density at radius 1 is 0.936 bits per heavy atom. The minimum Gasteiger partial charge on any atom is -0.490 e. The number of alkyl halides is 6. The number of carboxylic acids is 3. The Kier molecular flexibility index (Phi) is 16.4. The van der Waals surface area contributed by atoms with Crippen LogP contribution >= 0.6 is 11.6 Å². The summed E-state index contributed by atoms with van der Waals surface area (Å²) in [6, 6.07) is 12.3. The number of piperidine rings is 1. The van der Waals surface area contributed by atoms with Crippen molar-refractivity contribution in [1.82, 2.24) is 10.2 Å². The number of carbonyl (C=O) groups is 3. The molecular formula is C29H34ClF7N2O8. The number of likely N-dealkylation sites (tertiary alicyclic amines) is 1. The van der Waals surface area contributed by atoms with Gasteiger partial charge < -0.3 is 30.5 Å². The number of carboxylic acid groups (broad SMARTS) is 3. The van der Waals surface area contributed by atoms with E-state index in [0.29, 0.717) is 18.2 Å². The molecule has 5 N–H and O–H groups in total. The van der Waals surface area contributed by atoms with Crippen LogP contribution < -0.4 is 10.1 Å². The Morgan fingerprint density at radius 3 is 1.91 bits per heavy atom. The molecule has 1 heterocycles. The number of aliphatic carboxylic acids is 3. The van der Waals surface area contributed by atoms with Crippen molar-refractivity contribution >= 4 is 29.5 Å². The predicted molar refractivity (Wildman–Crippen MR) is 154 cm³/mol. The SMILES string of the molecule is C[C@](O)(CNC1CCN(Cc2ccc(Cl)cc2)CC1)COc1cc(F)ccc1CCC(=O)O.O=C(O)C(F)(F)F.O=C(O)C(F)(F)F. The molecule has 10 nitrogen and oxygen atoms in total. The van der Waals surface area contributed by atoms with Gasteiger partial charge >= 0.3 is 30.3 Å². The topological polar surface area (TPSA) is 157 Å². The van der Waals surface area contributed by atoms with Gasteiger partial charge in [0.05, 0.1) is 0 Å². The second-order valence-corrected chi connectivity index (χ2v) is 11.0. The molecule has 0 aromatic heterocycles. The summed E-state index contributed by atoms with van der Waals surface area (Å²) in [6.45, 7) is 4.82. The number of hydrogen-bond donors (Lipinski definition) is 5. The highest BCUT2D eigenvalue weighted by Crippen LogP contribution is 2.23. The fraction of sp³-hybridized carbons (Fsp3) is 0.483. The molecule has 0 aliphatic carbocycles. The first-order valence-electron chi connectivity index (χ1n) is 13.7. The normalized spacial score (nSPS) is 15.3. The number of halogens is 8. The minimum atomic E-state index is -5.08. The van der Waals surface area contributed by atoms with Crippen molar-refractivity contribution < 1.29 is 70.3 Å². The fourth-order valence-corrected chi connectivity index (χ4v) is 4.03. The fourth-order valence-electron chi connectivity index (χ4n) is 3.90. The van der Waals surface area contributed by atoms with Gasteiger partial charge in [-0.1, -0.05) is 29.8 Å². The summed E-state index contributed by atoms with van der Waals surface area (Å²) in [5.74, 6) is -6.64. The standard InChI is InChI=1S/C25H32ClFN2O4.2C2HF3O2/c1-25(32,17-33-23-14-21(27)8-4-19(23)5-9-24(30)31)16-28-22-10-12-29(13-11-22)15-18-2-6-20(26)7-3-18;2*3-2(4,5)1(6)7/h2-4,6-8,14,22,28,32H,5,9-13,15-17H2,1H3,(H,30,31);2*(H,6,7)/t25-;;/m0../s1. The molecule has 2 aromatic rings. The maximum absolute atomic E-state index is 13.7. The van der Waals surface area contributed by atoms with Gasteiger partial charge in [-0.05, 0) is 68.6 Å². The smallest absolute Gasteiger partial charge is 0.490 e. The Hall–Kier alpha value is -3.67. The van der Waals surface area contributed by atoms with Crippen molar-refractivity contribution in [3.63, 3.8) is 0 Å². The van der Waals surface area contributed by atoms with Crippen LogP contribution in [0.15, 0.2) is 42.5 Å². The summed E-state index contributed by atoms with van der Waals surface area (Å²) in [6.07, 6.45) is -8.04. The first-order valence-corrected chi connectivity index (χ1v) is 14.1. The number of rotatable bonds is 11. The van der Waals surface area contributed by atoms with Crippen molar-refractivity contribution in [3.05, 3.63) is 64.4 Å². The summed E-state index contributed by atoms with van der Waals surface area (Å²) < 4.78 is 82.8. The van der Waals surface area contributed by atoms with Crippen LogP contribution in [0.4, 0.5) is 30.7 Å². The summed E-state index contributed by atoms with van der Waals surface area (Å²) in [4.78, 5) is 31.1. The molecule has 1 aliphatic heterocycles. The lowest BCUT2D eigenvalue weighted by Gasteiger charge is -2.34. The number of nitrogens with zero attached hydrogens (tertiary/aromatic N) is 1. The van der Waals surface area contributed by atoms with Crippen molar-refractivity contribution in [2.24, 2.45) is 0 Å². The van der Waals surface area contributed by atoms with Crippen LogP contribution in [0.1, 0.15) is 37.3 Å². The lowest BCUT2D eigenvalue weighted by atomic mass is 10.0. The Morgan fingerprint density at radius 2 is 1.45 bits per heavy atom. The number of ether oxygens (including phenoxy) is 1. The lowest BCUT2D eigenvalue weighted by Crippen LogP contribution is -2.49. The van der Waals surface area contributed by atoms with E-state index in [1.54, 1.807) is 6.92 Å². The predicted octanol–water partition coefficient (Wildman–Crippen LogP) is 5.15. The van der Waals surface area contributed by atoms with E-state index >= 15 is 0 Å². The average molecular weight is 707 g/mol. The maximum atomic E-state index is 13.7. The van der Waals surface area contributed by atoms with Crippen LogP contribution in [-0.2, 0) is 27.3 Å². The third kappa shape index (κ3) is 17.7. The molecular weight excluding hydrogens is 673 g/mol. The van der Waals surface area contributed by atoms with E-state index in [0.717, 1.165) is 37.5 Å². The average Bonchev–Trinajstić information content (AvgIpc) is 2.96. The monoisotopic (exact) mass is 706 g/mol. The van der Waals surface area contributed by atoms with Crippen molar-refractivity contribution in [1.29, 1.82) is 0 Å². The highest BCUT2D eigenvalue weighted by molar-refractivity contribution is 6.30. The zero-order valence-electron chi connectivity index (χ0n) is 24.9. The van der Waals surface area contributed by atoms with Gasteiger partial charge in [-0.15, -0.1) is 0 Å². The molecule has 0 bridgehead atoms. The van der Waals surface area contributed by atoms with Crippen molar-refractivity contribution in [2.45, 2.75) is 63.1 Å². The number of aryl methyl sites for hydroxylation is 1. The van der Waals surface area contributed by atoms with Gasteiger partial charge in [-0.25, -0.2) is 14.0 Å². The number of nitrogens with one attached hydrogen (secondary N) is 1. The lowest BCUT2D eigenvalue weighted by molar-refractivity contribution is -0.193. The molecule has 1 saturated heterocycles. The summed E-state index contributed by atoms with van der Waals surface area (Å²) in [5, 5.41) is 38.1. The molecule has 1 aliphatic rings. The second-order valence-electron chi connectivity index (χ2n) is 10.6. The first kappa shape index (κ1) is 41.4. The van der Waals surface area contributed by atoms with Crippen molar-refractivity contribution in [3.8, 4) is 5.75 Å². The van der Waals surface area contributed by atoms with Crippen LogP contribution in [0.25, 0.3) is 0 Å². The molecule has 1 fully saturated rings. The van der Waals surface area contributed by atoms with Crippen molar-refractivity contribution in [2.75, 3.05) is 26.2 Å². The number of aliphatic hydroxyl groups is 1. The van der Waals surface area contributed by atoms with E-state index in [9.17, 15) is 40.6 Å². The second kappa shape index (κ2) is 18.6. The largest absolute Gasteiger partial charge is 0.490 e. The van der Waals surface area contributed by atoms with E-state index in [1.807, 2.05) is 12.1 Å². The van der Waals surface area contributed by atoms with Gasteiger partial charge in [0.1, 0.15) is 23.8 Å². The van der Waals surface area contributed by atoms with Crippen LogP contribution in [0.3, 0.4) is 0 Å². The molecule has 264 valence electrons. The molecule has 0 amide bonds. The highest BCUT2D eigenvalue weighted by atomic mass is 35.5. The summed E-state index contributed by atoms with van der Waals surface area (Å²) in [7, 11) is 0. The molecule has 0 radical (unpaired) electrons. The molecule has 47 heavy (non-hydrogen) atoms.